The molecule has 2 aromatic rings. The van der Waals surface area contributed by atoms with E-state index in [1.54, 1.807) is 13.3 Å². The number of para-hydroxylation sites is 1. The van der Waals surface area contributed by atoms with E-state index < -0.39 is 5.60 Å². The summed E-state index contributed by atoms with van der Waals surface area (Å²) in [5.74, 6) is 0.0557. The highest BCUT2D eigenvalue weighted by Gasteiger charge is 2.22. The molecule has 3 heteroatoms. The Labute approximate surface area is 107 Å². The Morgan fingerprint density at radius 3 is 2.78 bits per heavy atom. The fraction of sp³-hybridized carbons (Fsp3) is 0.333. The number of carbonyl (C=O) groups is 1. The summed E-state index contributed by atoms with van der Waals surface area (Å²) in [5, 5.41) is 0.985. The maximum absolute atomic E-state index is 12.1. The number of nitrogens with zero attached hydrogens (tertiary/aromatic N) is 1. The zero-order valence-corrected chi connectivity index (χ0v) is 10.9. The molecule has 0 aliphatic carbocycles. The highest BCUT2D eigenvalue weighted by atomic mass is 16.5. The van der Waals surface area contributed by atoms with Gasteiger partial charge in [0.15, 0.2) is 5.78 Å². The van der Waals surface area contributed by atoms with Crippen LogP contribution in [0.15, 0.2) is 36.5 Å². The molecule has 0 saturated heterocycles. The molecule has 0 aliphatic rings. The number of ketones is 1. The van der Waals surface area contributed by atoms with Gasteiger partial charge in [0, 0.05) is 30.7 Å². The molecule has 0 bridgehead atoms. The van der Waals surface area contributed by atoms with Crippen LogP contribution in [0.4, 0.5) is 0 Å². The highest BCUT2D eigenvalue weighted by Crippen LogP contribution is 2.19. The van der Waals surface area contributed by atoms with E-state index in [0.29, 0.717) is 12.0 Å². The molecule has 1 aromatic heterocycles. The summed E-state index contributed by atoms with van der Waals surface area (Å²) in [6.45, 7) is 3.80. The number of fused-ring (bicyclic) bond motifs is 1. The minimum atomic E-state index is -0.442. The highest BCUT2D eigenvalue weighted by molar-refractivity contribution is 5.99. The average Bonchev–Trinajstić information content (AvgIpc) is 2.37. The smallest absolute Gasteiger partial charge is 0.167 e. The quantitative estimate of drug-likeness (QED) is 0.774. The van der Waals surface area contributed by atoms with E-state index in [1.165, 1.54) is 0 Å². The predicted molar refractivity (Wildman–Crippen MR) is 71.8 cm³/mol. The molecule has 3 nitrogen and oxygen atoms in total. The molecule has 18 heavy (non-hydrogen) atoms. The third-order valence-corrected chi connectivity index (χ3v) is 3.05. The Morgan fingerprint density at radius 1 is 1.33 bits per heavy atom. The van der Waals surface area contributed by atoms with E-state index in [-0.39, 0.29) is 5.78 Å². The number of aromatic nitrogens is 1. The predicted octanol–water partition coefficient (Wildman–Crippen LogP) is 3.23. The molecule has 0 N–H and O–H groups in total. The van der Waals surface area contributed by atoms with Crippen LogP contribution in [0, 0.1) is 0 Å². The molecule has 0 spiro atoms. The number of hydrogen-bond donors (Lipinski definition) is 0. The van der Waals surface area contributed by atoms with Crippen LogP contribution in [0.3, 0.4) is 0 Å². The fourth-order valence-corrected chi connectivity index (χ4v) is 1.78. The first-order chi connectivity index (χ1) is 8.52. The van der Waals surface area contributed by atoms with Gasteiger partial charge in [0.05, 0.1) is 11.1 Å². The van der Waals surface area contributed by atoms with Crippen LogP contribution in [0.25, 0.3) is 10.9 Å². The van der Waals surface area contributed by atoms with Crippen LogP contribution in [-0.4, -0.2) is 23.5 Å². The maximum Gasteiger partial charge on any atom is 0.167 e. The van der Waals surface area contributed by atoms with Crippen molar-refractivity contribution >= 4 is 16.7 Å². The van der Waals surface area contributed by atoms with E-state index in [0.717, 1.165) is 10.9 Å². The number of benzene rings is 1. The number of Topliss-reactive ketones (excluding diaryl/α,β-unsaturated/α-hetero) is 1. The lowest BCUT2D eigenvalue weighted by atomic mass is 9.97. The first-order valence-electron chi connectivity index (χ1n) is 5.95. The van der Waals surface area contributed by atoms with Crippen molar-refractivity contribution in [2.24, 2.45) is 0 Å². The van der Waals surface area contributed by atoms with Gasteiger partial charge in [-0.05, 0) is 26.0 Å². The molecule has 0 atom stereocenters. The van der Waals surface area contributed by atoms with Crippen LogP contribution in [0.5, 0.6) is 0 Å². The van der Waals surface area contributed by atoms with Crippen LogP contribution < -0.4 is 0 Å². The summed E-state index contributed by atoms with van der Waals surface area (Å²) in [5.41, 5.74) is 1.10. The van der Waals surface area contributed by atoms with Crippen LogP contribution in [0.2, 0.25) is 0 Å². The first-order valence-corrected chi connectivity index (χ1v) is 5.95. The zero-order chi connectivity index (χ0) is 13.2. The monoisotopic (exact) mass is 243 g/mol. The molecule has 0 unspecified atom stereocenters. The summed E-state index contributed by atoms with van der Waals surface area (Å²) in [6.07, 6.45) is 1.99. The summed E-state index contributed by atoms with van der Waals surface area (Å²) < 4.78 is 5.28. The molecule has 0 aliphatic heterocycles. The molecule has 0 saturated carbocycles. The van der Waals surface area contributed by atoms with Crippen molar-refractivity contribution in [1.29, 1.82) is 0 Å². The number of rotatable bonds is 4. The third kappa shape index (κ3) is 2.74. The Kier molecular flexibility index (Phi) is 3.43. The molecule has 1 aromatic carbocycles. The lowest BCUT2D eigenvalue weighted by molar-refractivity contribution is 0.0172. The van der Waals surface area contributed by atoms with Gasteiger partial charge in [-0.2, -0.15) is 0 Å². The van der Waals surface area contributed by atoms with E-state index in [2.05, 4.69) is 4.98 Å². The zero-order valence-electron chi connectivity index (χ0n) is 10.9. The van der Waals surface area contributed by atoms with Crippen molar-refractivity contribution in [3.05, 3.63) is 42.1 Å². The van der Waals surface area contributed by atoms with Crippen molar-refractivity contribution in [1.82, 2.24) is 4.98 Å². The standard InChI is InChI=1S/C15H17NO2/c1-15(2,18-3)9-14(17)12-8-11-6-4-5-7-13(11)16-10-12/h4-8,10H,9H2,1-3H3. The summed E-state index contributed by atoms with van der Waals surface area (Å²) in [6, 6.07) is 9.65. The Morgan fingerprint density at radius 2 is 2.06 bits per heavy atom. The number of methoxy groups -OCH3 is 1. The Balaban J connectivity index is 2.28. The summed E-state index contributed by atoms with van der Waals surface area (Å²) in [4.78, 5) is 16.4. The van der Waals surface area contributed by atoms with Gasteiger partial charge in [0.25, 0.3) is 0 Å². The summed E-state index contributed by atoms with van der Waals surface area (Å²) in [7, 11) is 1.62. The fourth-order valence-electron chi connectivity index (χ4n) is 1.78. The normalized spacial score (nSPS) is 11.7. The molecule has 0 fully saturated rings. The van der Waals surface area contributed by atoms with Crippen molar-refractivity contribution < 1.29 is 9.53 Å². The maximum atomic E-state index is 12.1. The SMILES string of the molecule is COC(C)(C)CC(=O)c1cnc2ccccc2c1. The van der Waals surface area contributed by atoms with Gasteiger partial charge in [-0.15, -0.1) is 0 Å². The van der Waals surface area contributed by atoms with E-state index in [9.17, 15) is 4.79 Å². The molecule has 0 radical (unpaired) electrons. The molecular formula is C15H17NO2. The van der Waals surface area contributed by atoms with E-state index >= 15 is 0 Å². The van der Waals surface area contributed by atoms with Crippen molar-refractivity contribution in [2.75, 3.05) is 7.11 Å². The number of hydrogen-bond acceptors (Lipinski definition) is 3. The molecular weight excluding hydrogens is 226 g/mol. The van der Waals surface area contributed by atoms with Gasteiger partial charge < -0.3 is 4.74 Å². The average molecular weight is 243 g/mol. The van der Waals surface area contributed by atoms with E-state index in [4.69, 9.17) is 4.74 Å². The number of ether oxygens (including phenoxy) is 1. The number of pyridine rings is 1. The van der Waals surface area contributed by atoms with Gasteiger partial charge in [0.1, 0.15) is 0 Å². The largest absolute Gasteiger partial charge is 0.378 e. The van der Waals surface area contributed by atoms with Crippen molar-refractivity contribution in [3.8, 4) is 0 Å². The van der Waals surface area contributed by atoms with E-state index in [1.807, 2.05) is 44.2 Å². The van der Waals surface area contributed by atoms with Crippen LogP contribution in [0.1, 0.15) is 30.6 Å². The Bertz CT molecular complexity index is 575. The molecule has 0 amide bonds. The second kappa shape index (κ2) is 4.86. The second-order valence-corrected chi connectivity index (χ2v) is 4.98. The van der Waals surface area contributed by atoms with Gasteiger partial charge in [-0.25, -0.2) is 0 Å². The molecule has 2 rings (SSSR count). The first kappa shape index (κ1) is 12.7. The van der Waals surface area contributed by atoms with Crippen LogP contribution in [-0.2, 0) is 4.74 Å². The lowest BCUT2D eigenvalue weighted by Crippen LogP contribution is -2.26. The Hall–Kier alpha value is -1.74. The molecule has 94 valence electrons. The second-order valence-electron chi connectivity index (χ2n) is 4.98. The molecule has 1 heterocycles. The number of carbonyl (C=O) groups excluding carboxylic acids is 1. The minimum Gasteiger partial charge on any atom is -0.378 e. The van der Waals surface area contributed by atoms with Gasteiger partial charge >= 0.3 is 0 Å². The van der Waals surface area contributed by atoms with Gasteiger partial charge in [0.2, 0.25) is 0 Å². The minimum absolute atomic E-state index is 0.0557. The third-order valence-electron chi connectivity index (χ3n) is 3.05. The van der Waals surface area contributed by atoms with Gasteiger partial charge in [-0.3, -0.25) is 9.78 Å². The van der Waals surface area contributed by atoms with Gasteiger partial charge in [-0.1, -0.05) is 18.2 Å². The topological polar surface area (TPSA) is 39.2 Å². The lowest BCUT2D eigenvalue weighted by Gasteiger charge is -2.21. The van der Waals surface area contributed by atoms with Crippen LogP contribution >= 0.6 is 0 Å². The van der Waals surface area contributed by atoms with Crippen molar-refractivity contribution in [2.45, 2.75) is 25.9 Å². The summed E-state index contributed by atoms with van der Waals surface area (Å²) >= 11 is 0. The van der Waals surface area contributed by atoms with Crippen molar-refractivity contribution in [3.63, 3.8) is 0 Å².